The molecule has 3 unspecified atom stereocenters. The van der Waals surface area contributed by atoms with E-state index >= 15 is 0 Å². The second-order valence-corrected chi connectivity index (χ2v) is 8.26. The molecule has 23 heavy (non-hydrogen) atoms. The SMILES string of the molecule is CC(CS(=O)c1ccccc1C(F)(F)F)S(=O)c1ccccc1. The van der Waals surface area contributed by atoms with Crippen LogP contribution < -0.4 is 0 Å². The van der Waals surface area contributed by atoms with Gasteiger partial charge in [0, 0.05) is 15.9 Å². The average molecular weight is 360 g/mol. The standard InChI is InChI=1S/C16H15F3O2S2/c1-12(23(21)13-7-3-2-4-8-13)11-22(20)15-10-6-5-9-14(15)16(17,18)19/h2-10,12H,11H2,1H3. The molecular formula is C16H15F3O2S2. The maximum absolute atomic E-state index is 13.0. The van der Waals surface area contributed by atoms with Gasteiger partial charge in [0.15, 0.2) is 0 Å². The Hall–Kier alpha value is -1.47. The van der Waals surface area contributed by atoms with Crippen molar-refractivity contribution in [1.82, 2.24) is 0 Å². The molecule has 7 heteroatoms. The van der Waals surface area contributed by atoms with Crippen molar-refractivity contribution < 1.29 is 21.6 Å². The zero-order valence-corrected chi connectivity index (χ0v) is 13.9. The molecule has 0 bridgehead atoms. The minimum absolute atomic E-state index is 0.103. The first kappa shape index (κ1) is 17.9. The number of rotatable bonds is 5. The minimum atomic E-state index is -4.56. The molecule has 0 N–H and O–H groups in total. The number of benzene rings is 2. The molecule has 0 heterocycles. The van der Waals surface area contributed by atoms with Crippen LogP contribution in [0.5, 0.6) is 0 Å². The maximum Gasteiger partial charge on any atom is 0.417 e. The van der Waals surface area contributed by atoms with E-state index < -0.39 is 38.6 Å². The second-order valence-electron chi connectivity index (χ2n) is 4.93. The summed E-state index contributed by atoms with van der Waals surface area (Å²) in [6.07, 6.45) is -4.56. The predicted octanol–water partition coefficient (Wildman–Crippen LogP) is 4.01. The van der Waals surface area contributed by atoms with Crippen molar-refractivity contribution >= 4 is 21.6 Å². The Morgan fingerprint density at radius 3 is 2.13 bits per heavy atom. The fourth-order valence-corrected chi connectivity index (χ4v) is 5.07. The third kappa shape index (κ3) is 4.51. The molecule has 0 spiro atoms. The molecular weight excluding hydrogens is 345 g/mol. The zero-order valence-electron chi connectivity index (χ0n) is 12.2. The first-order chi connectivity index (χ1) is 10.8. The normalized spacial score (nSPS) is 15.8. The molecule has 0 aromatic heterocycles. The van der Waals surface area contributed by atoms with Gasteiger partial charge in [-0.1, -0.05) is 30.3 Å². The first-order valence-electron chi connectivity index (χ1n) is 6.81. The van der Waals surface area contributed by atoms with Crippen LogP contribution in [0, 0.1) is 0 Å². The van der Waals surface area contributed by atoms with Gasteiger partial charge in [-0.15, -0.1) is 0 Å². The highest BCUT2D eigenvalue weighted by Gasteiger charge is 2.35. The molecule has 0 saturated carbocycles. The lowest BCUT2D eigenvalue weighted by Gasteiger charge is -2.15. The van der Waals surface area contributed by atoms with Crippen molar-refractivity contribution in [2.75, 3.05) is 5.75 Å². The van der Waals surface area contributed by atoms with Gasteiger partial charge >= 0.3 is 6.18 Å². The highest BCUT2D eigenvalue weighted by Crippen LogP contribution is 2.33. The summed E-state index contributed by atoms with van der Waals surface area (Å²) >= 11 is 0. The van der Waals surface area contributed by atoms with Gasteiger partial charge in [0.05, 0.1) is 32.1 Å². The smallest absolute Gasteiger partial charge is 0.254 e. The lowest BCUT2D eigenvalue weighted by atomic mass is 10.2. The van der Waals surface area contributed by atoms with E-state index in [4.69, 9.17) is 0 Å². The van der Waals surface area contributed by atoms with Gasteiger partial charge in [0.2, 0.25) is 0 Å². The Kier molecular flexibility index (Phi) is 5.75. The molecule has 0 saturated heterocycles. The van der Waals surface area contributed by atoms with Gasteiger partial charge in [0.1, 0.15) is 0 Å². The molecule has 0 aliphatic rings. The van der Waals surface area contributed by atoms with Crippen LogP contribution in [-0.4, -0.2) is 19.4 Å². The highest BCUT2D eigenvalue weighted by molar-refractivity contribution is 7.89. The summed E-state index contributed by atoms with van der Waals surface area (Å²) in [6.45, 7) is 1.62. The van der Waals surface area contributed by atoms with E-state index in [0.29, 0.717) is 4.90 Å². The van der Waals surface area contributed by atoms with Crippen LogP contribution in [0.1, 0.15) is 12.5 Å². The zero-order chi connectivity index (χ0) is 17.0. The quantitative estimate of drug-likeness (QED) is 0.807. The van der Waals surface area contributed by atoms with Gasteiger partial charge in [-0.2, -0.15) is 13.2 Å². The third-order valence-corrected chi connectivity index (χ3v) is 6.66. The number of hydrogen-bond donors (Lipinski definition) is 0. The average Bonchev–Trinajstić information content (AvgIpc) is 2.54. The maximum atomic E-state index is 13.0. The van der Waals surface area contributed by atoms with Crippen molar-refractivity contribution in [1.29, 1.82) is 0 Å². The Morgan fingerprint density at radius 1 is 0.957 bits per heavy atom. The van der Waals surface area contributed by atoms with Crippen LogP contribution in [-0.2, 0) is 27.8 Å². The van der Waals surface area contributed by atoms with E-state index in [1.54, 1.807) is 37.3 Å². The molecule has 0 aliphatic heterocycles. The molecule has 3 atom stereocenters. The van der Waals surface area contributed by atoms with E-state index in [1.807, 2.05) is 0 Å². The molecule has 0 radical (unpaired) electrons. The lowest BCUT2D eigenvalue weighted by Crippen LogP contribution is -2.21. The van der Waals surface area contributed by atoms with Crippen molar-refractivity contribution in [3.63, 3.8) is 0 Å². The predicted molar refractivity (Wildman–Crippen MR) is 85.0 cm³/mol. The molecule has 2 nitrogen and oxygen atoms in total. The summed E-state index contributed by atoms with van der Waals surface area (Å²) < 4.78 is 63.6. The molecule has 2 rings (SSSR count). The fraction of sp³-hybridized carbons (Fsp3) is 0.250. The summed E-state index contributed by atoms with van der Waals surface area (Å²) in [7, 11) is -3.30. The number of halogens is 3. The molecule has 124 valence electrons. The Morgan fingerprint density at radius 2 is 1.52 bits per heavy atom. The fourth-order valence-electron chi connectivity index (χ4n) is 2.05. The monoisotopic (exact) mass is 360 g/mol. The van der Waals surface area contributed by atoms with Crippen LogP contribution in [0.25, 0.3) is 0 Å². The molecule has 2 aromatic rings. The highest BCUT2D eigenvalue weighted by atomic mass is 32.2. The van der Waals surface area contributed by atoms with E-state index in [9.17, 15) is 21.6 Å². The third-order valence-electron chi connectivity index (χ3n) is 3.16. The van der Waals surface area contributed by atoms with E-state index in [1.165, 1.54) is 18.2 Å². The number of alkyl halides is 3. The largest absolute Gasteiger partial charge is 0.417 e. The molecule has 0 aliphatic carbocycles. The van der Waals surface area contributed by atoms with Crippen LogP contribution in [0.3, 0.4) is 0 Å². The van der Waals surface area contributed by atoms with Gasteiger partial charge in [-0.3, -0.25) is 8.42 Å². The van der Waals surface area contributed by atoms with Crippen LogP contribution in [0.4, 0.5) is 13.2 Å². The summed E-state index contributed by atoms with van der Waals surface area (Å²) in [5, 5.41) is -0.528. The van der Waals surface area contributed by atoms with Crippen LogP contribution >= 0.6 is 0 Å². The summed E-state index contributed by atoms with van der Waals surface area (Å²) in [5.74, 6) is -0.103. The van der Waals surface area contributed by atoms with Crippen molar-refractivity contribution in [2.45, 2.75) is 28.1 Å². The summed E-state index contributed by atoms with van der Waals surface area (Å²) in [4.78, 5) is 0.304. The Bertz CT molecular complexity index is 715. The topological polar surface area (TPSA) is 34.1 Å². The first-order valence-corrected chi connectivity index (χ1v) is 9.34. The Balaban J connectivity index is 2.18. The lowest BCUT2D eigenvalue weighted by molar-refractivity contribution is -0.139. The van der Waals surface area contributed by atoms with E-state index in [2.05, 4.69) is 0 Å². The summed E-state index contributed by atoms with van der Waals surface area (Å²) in [5.41, 5.74) is -0.906. The molecule has 0 fully saturated rings. The van der Waals surface area contributed by atoms with Crippen molar-refractivity contribution in [2.24, 2.45) is 0 Å². The number of hydrogen-bond acceptors (Lipinski definition) is 2. The second kappa shape index (κ2) is 7.40. The van der Waals surface area contributed by atoms with Gasteiger partial charge in [-0.05, 0) is 31.2 Å². The van der Waals surface area contributed by atoms with E-state index in [-0.39, 0.29) is 10.6 Å². The van der Waals surface area contributed by atoms with Gasteiger partial charge in [-0.25, -0.2) is 0 Å². The van der Waals surface area contributed by atoms with Crippen molar-refractivity contribution in [3.05, 3.63) is 60.2 Å². The van der Waals surface area contributed by atoms with Crippen LogP contribution in [0.15, 0.2) is 64.4 Å². The van der Waals surface area contributed by atoms with Gasteiger partial charge in [0.25, 0.3) is 0 Å². The Labute approximate surface area is 137 Å². The van der Waals surface area contributed by atoms with E-state index in [0.717, 1.165) is 6.07 Å². The van der Waals surface area contributed by atoms with Gasteiger partial charge < -0.3 is 0 Å². The minimum Gasteiger partial charge on any atom is -0.254 e. The summed E-state index contributed by atoms with van der Waals surface area (Å²) in [6, 6.07) is 13.4. The van der Waals surface area contributed by atoms with Crippen LogP contribution in [0.2, 0.25) is 0 Å². The molecule has 2 aromatic carbocycles. The molecule has 0 amide bonds. The van der Waals surface area contributed by atoms with Crippen molar-refractivity contribution in [3.8, 4) is 0 Å².